The van der Waals surface area contributed by atoms with Crippen molar-refractivity contribution in [2.45, 2.75) is 23.9 Å². The molecule has 0 radical (unpaired) electrons. The van der Waals surface area contributed by atoms with E-state index in [2.05, 4.69) is 20.9 Å². The maximum Gasteiger partial charge on any atom is 0.260 e. The lowest BCUT2D eigenvalue weighted by Gasteiger charge is -2.33. The third-order valence-electron chi connectivity index (χ3n) is 6.91. The van der Waals surface area contributed by atoms with E-state index >= 15 is 0 Å². The standard InChI is InChI=1S/C24H24BrCl2N5O5S2/c1-24(14-16-3-5-17(25)6-4-16)22(33)31(20-12-18(26)11-19(27)13-20)23-28-15-21(32(23)24)39(36,37)30-9-7-29(8-10-30)38(2,34)35/h3-6,11-13,15H,7-10,14H2,1-2H3. The first-order valence-corrected chi connectivity index (χ1v) is 16.6. The van der Waals surface area contributed by atoms with Crippen molar-refractivity contribution >= 4 is 76.7 Å². The number of carbonyl (C=O) groups is 1. The summed E-state index contributed by atoms with van der Waals surface area (Å²) in [5.74, 6) is -0.281. The number of fused-ring (bicyclic) bond motifs is 1. The fourth-order valence-corrected chi connectivity index (χ4v) is 8.20. The Balaban J connectivity index is 1.62. The van der Waals surface area contributed by atoms with Gasteiger partial charge < -0.3 is 0 Å². The molecule has 15 heteroatoms. The van der Waals surface area contributed by atoms with Crippen LogP contribution in [0.5, 0.6) is 0 Å². The molecule has 0 N–H and O–H groups in total. The highest BCUT2D eigenvalue weighted by Gasteiger charge is 2.52. The lowest BCUT2D eigenvalue weighted by Crippen LogP contribution is -2.51. The van der Waals surface area contributed by atoms with Gasteiger partial charge in [0.1, 0.15) is 5.54 Å². The van der Waals surface area contributed by atoms with Crippen molar-refractivity contribution in [2.24, 2.45) is 0 Å². The molecule has 1 fully saturated rings. The van der Waals surface area contributed by atoms with E-state index in [-0.39, 0.29) is 43.6 Å². The van der Waals surface area contributed by atoms with Gasteiger partial charge in [-0.05, 0) is 42.8 Å². The first-order valence-electron chi connectivity index (χ1n) is 11.8. The average Bonchev–Trinajstić information content (AvgIpc) is 3.38. The molecule has 1 aromatic heterocycles. The summed E-state index contributed by atoms with van der Waals surface area (Å²) < 4.78 is 56.5. The summed E-state index contributed by atoms with van der Waals surface area (Å²) in [5, 5.41) is 0.455. The number of halogens is 3. The molecular weight excluding hydrogens is 653 g/mol. The Morgan fingerprint density at radius 3 is 2.08 bits per heavy atom. The van der Waals surface area contributed by atoms with Crippen molar-refractivity contribution in [1.29, 1.82) is 0 Å². The third kappa shape index (κ3) is 5.14. The largest absolute Gasteiger partial charge is 0.284 e. The molecule has 1 amide bonds. The van der Waals surface area contributed by atoms with Crippen molar-refractivity contribution in [2.75, 3.05) is 37.3 Å². The van der Waals surface area contributed by atoms with Gasteiger partial charge in [-0.15, -0.1) is 0 Å². The zero-order valence-electron chi connectivity index (χ0n) is 20.9. The number of piperazine rings is 1. The molecule has 3 heterocycles. The van der Waals surface area contributed by atoms with Crippen molar-refractivity contribution in [1.82, 2.24) is 18.2 Å². The summed E-state index contributed by atoms with van der Waals surface area (Å²) in [6.45, 7) is 1.68. The predicted molar refractivity (Wildman–Crippen MR) is 153 cm³/mol. The van der Waals surface area contributed by atoms with E-state index in [9.17, 15) is 21.6 Å². The molecule has 10 nitrogen and oxygen atoms in total. The van der Waals surface area contributed by atoms with Crippen LogP contribution < -0.4 is 4.90 Å². The van der Waals surface area contributed by atoms with Gasteiger partial charge in [-0.1, -0.05) is 51.3 Å². The number of nitrogens with zero attached hydrogens (tertiary/aromatic N) is 5. The smallest absolute Gasteiger partial charge is 0.260 e. The Bertz CT molecular complexity index is 1650. The first-order chi connectivity index (χ1) is 18.2. The molecule has 0 saturated carbocycles. The number of hydrogen-bond donors (Lipinski definition) is 0. The number of imidazole rings is 1. The second-order valence-electron chi connectivity index (χ2n) is 9.64. The first kappa shape index (κ1) is 28.5. The number of hydrogen-bond acceptors (Lipinski definition) is 6. The van der Waals surface area contributed by atoms with Gasteiger partial charge in [0.25, 0.3) is 15.9 Å². The van der Waals surface area contributed by atoms with E-state index in [1.54, 1.807) is 19.1 Å². The van der Waals surface area contributed by atoms with E-state index in [1.165, 1.54) is 30.3 Å². The van der Waals surface area contributed by atoms with Crippen LogP contribution in [0.3, 0.4) is 0 Å². The summed E-state index contributed by atoms with van der Waals surface area (Å²) in [6.07, 6.45) is 2.51. The number of carbonyl (C=O) groups excluding carboxylic acids is 1. The minimum Gasteiger partial charge on any atom is -0.284 e. The summed E-state index contributed by atoms with van der Waals surface area (Å²) in [4.78, 5) is 19.9. The molecule has 208 valence electrons. The SMILES string of the molecule is CC1(Cc2ccc(Br)cc2)C(=O)N(c2cc(Cl)cc(Cl)c2)c2ncc(S(=O)(=O)N3CCN(S(C)(=O)=O)CC3)n21. The molecule has 2 aliphatic rings. The lowest BCUT2D eigenvalue weighted by atomic mass is 9.92. The Morgan fingerprint density at radius 2 is 1.51 bits per heavy atom. The molecule has 39 heavy (non-hydrogen) atoms. The van der Waals surface area contributed by atoms with Crippen molar-refractivity contribution in [3.8, 4) is 0 Å². The number of rotatable bonds is 6. The van der Waals surface area contributed by atoms with Gasteiger partial charge in [-0.25, -0.2) is 26.7 Å². The summed E-state index contributed by atoms with van der Waals surface area (Å²) >= 11 is 15.9. The Morgan fingerprint density at radius 1 is 0.949 bits per heavy atom. The Hall–Kier alpha value is -2.00. The van der Waals surface area contributed by atoms with Crippen LogP contribution >= 0.6 is 39.1 Å². The van der Waals surface area contributed by atoms with E-state index in [4.69, 9.17) is 23.2 Å². The topological polar surface area (TPSA) is 113 Å². The minimum atomic E-state index is -4.15. The van der Waals surface area contributed by atoms with Crippen LogP contribution in [0.4, 0.5) is 11.6 Å². The second kappa shape index (κ2) is 10.1. The highest BCUT2D eigenvalue weighted by atomic mass is 79.9. The van der Waals surface area contributed by atoms with Crippen LogP contribution in [0.25, 0.3) is 0 Å². The maximum atomic E-state index is 14.1. The maximum absolute atomic E-state index is 14.1. The lowest BCUT2D eigenvalue weighted by molar-refractivity contribution is -0.124. The zero-order valence-corrected chi connectivity index (χ0v) is 25.6. The molecular formula is C24H24BrCl2N5O5S2. The van der Waals surface area contributed by atoms with Gasteiger partial charge in [-0.2, -0.15) is 8.61 Å². The molecule has 2 aromatic carbocycles. The van der Waals surface area contributed by atoms with Crippen LogP contribution in [-0.2, 0) is 36.8 Å². The van der Waals surface area contributed by atoms with Crippen LogP contribution in [0.2, 0.25) is 10.0 Å². The van der Waals surface area contributed by atoms with Crippen LogP contribution in [0.15, 0.2) is 58.2 Å². The molecule has 3 aromatic rings. The van der Waals surface area contributed by atoms with E-state index in [0.29, 0.717) is 15.7 Å². The molecule has 0 aliphatic carbocycles. The number of benzene rings is 2. The van der Waals surface area contributed by atoms with E-state index in [1.807, 2.05) is 24.3 Å². The van der Waals surface area contributed by atoms with Gasteiger partial charge in [-0.3, -0.25) is 9.36 Å². The zero-order chi connectivity index (χ0) is 28.3. The normalized spacial score (nSPS) is 20.9. The fraction of sp³-hybridized carbons (Fsp3) is 0.333. The minimum absolute atomic E-state index is 0.0269. The summed E-state index contributed by atoms with van der Waals surface area (Å²) in [6, 6.07) is 12.1. The van der Waals surface area contributed by atoms with Crippen LogP contribution in [0, 0.1) is 0 Å². The monoisotopic (exact) mass is 675 g/mol. The summed E-state index contributed by atoms with van der Waals surface area (Å²) in [7, 11) is -7.60. The third-order valence-corrected chi connectivity index (χ3v) is 11.0. The van der Waals surface area contributed by atoms with Crippen molar-refractivity contribution < 1.29 is 21.6 Å². The molecule has 2 aliphatic heterocycles. The molecule has 5 rings (SSSR count). The molecule has 1 atom stereocenters. The highest BCUT2D eigenvalue weighted by molar-refractivity contribution is 9.10. The van der Waals surface area contributed by atoms with Gasteiger partial charge in [0.05, 0.1) is 18.1 Å². The highest BCUT2D eigenvalue weighted by Crippen LogP contribution is 2.45. The van der Waals surface area contributed by atoms with Gasteiger partial charge in [0, 0.05) is 47.1 Å². The van der Waals surface area contributed by atoms with Crippen molar-refractivity contribution in [3.05, 3.63) is 68.7 Å². The van der Waals surface area contributed by atoms with Gasteiger partial charge >= 0.3 is 0 Å². The Labute approximate surface area is 245 Å². The quantitative estimate of drug-likeness (QED) is 0.392. The number of amides is 1. The molecule has 1 unspecified atom stereocenters. The Kier molecular flexibility index (Phi) is 7.41. The fourth-order valence-electron chi connectivity index (χ4n) is 4.99. The van der Waals surface area contributed by atoms with Gasteiger partial charge in [0.2, 0.25) is 16.0 Å². The molecule has 0 bridgehead atoms. The second-order valence-corrected chi connectivity index (χ2v) is 15.3. The van der Waals surface area contributed by atoms with Crippen LogP contribution in [0.1, 0.15) is 12.5 Å². The summed E-state index contributed by atoms with van der Waals surface area (Å²) in [5.41, 5.74) is -0.204. The predicted octanol–water partition coefficient (Wildman–Crippen LogP) is 3.85. The molecule has 1 saturated heterocycles. The van der Waals surface area contributed by atoms with Gasteiger partial charge in [0.15, 0.2) is 5.03 Å². The van der Waals surface area contributed by atoms with Crippen LogP contribution in [-0.4, -0.2) is 73.3 Å². The number of aromatic nitrogens is 2. The number of anilines is 2. The van der Waals surface area contributed by atoms with E-state index in [0.717, 1.165) is 16.3 Å². The molecule has 0 spiro atoms. The van der Waals surface area contributed by atoms with Crippen molar-refractivity contribution in [3.63, 3.8) is 0 Å². The van der Waals surface area contributed by atoms with E-state index < -0.39 is 31.5 Å². The average molecular weight is 677 g/mol. The number of sulfonamides is 2.